The fraction of sp³-hybridized carbons (Fsp3) is 0.316. The summed E-state index contributed by atoms with van der Waals surface area (Å²) >= 11 is 8.45. The van der Waals surface area contributed by atoms with Crippen molar-refractivity contribution in [1.82, 2.24) is 0 Å². The van der Waals surface area contributed by atoms with Gasteiger partial charge in [0.25, 0.3) is 0 Å². The predicted octanol–water partition coefficient (Wildman–Crippen LogP) is 6.55. The number of rotatable bonds is 4. The van der Waals surface area contributed by atoms with Crippen LogP contribution < -0.4 is 5.32 Å². The first-order valence-electron chi connectivity index (χ1n) is 7.65. The number of aryl methyl sites for hydroxylation is 1. The van der Waals surface area contributed by atoms with Crippen LogP contribution in [0, 0.1) is 6.92 Å². The highest BCUT2D eigenvalue weighted by atomic mass is 79.9. The molecule has 0 unspecified atom stereocenters. The molecule has 5 heteroatoms. The van der Waals surface area contributed by atoms with Gasteiger partial charge < -0.3 is 5.32 Å². The van der Waals surface area contributed by atoms with Crippen LogP contribution in [-0.2, 0) is 10.2 Å². The number of nitrogens with one attached hydrogen (secondary N) is 1. The van der Waals surface area contributed by atoms with Gasteiger partial charge in [-0.15, -0.1) is 11.8 Å². The summed E-state index contributed by atoms with van der Waals surface area (Å²) in [7, 11) is 0. The second-order valence-electron chi connectivity index (χ2n) is 6.69. The molecular weight excluding hydrogens is 450 g/mol. The van der Waals surface area contributed by atoms with Crippen LogP contribution in [0.25, 0.3) is 0 Å². The molecule has 0 radical (unpaired) electrons. The maximum Gasteiger partial charge on any atom is 0.234 e. The quantitative estimate of drug-likeness (QED) is 0.513. The minimum Gasteiger partial charge on any atom is -0.324 e. The van der Waals surface area contributed by atoms with Gasteiger partial charge in [-0.3, -0.25) is 4.79 Å². The first kappa shape index (κ1) is 19.5. The maximum absolute atomic E-state index is 12.3. The van der Waals surface area contributed by atoms with E-state index in [0.717, 1.165) is 19.5 Å². The van der Waals surface area contributed by atoms with Gasteiger partial charge in [0.2, 0.25) is 5.91 Å². The Morgan fingerprint density at radius 1 is 1.12 bits per heavy atom. The lowest BCUT2D eigenvalue weighted by molar-refractivity contribution is -0.113. The molecule has 2 nitrogen and oxygen atoms in total. The Bertz CT molecular complexity index is 754. The fourth-order valence-corrected chi connectivity index (χ4v) is 3.72. The smallest absolute Gasteiger partial charge is 0.234 e. The minimum absolute atomic E-state index is 0.0145. The van der Waals surface area contributed by atoms with E-state index in [1.165, 1.54) is 11.1 Å². The normalized spacial score (nSPS) is 11.4. The Morgan fingerprint density at radius 3 is 2.50 bits per heavy atom. The van der Waals surface area contributed by atoms with E-state index in [4.69, 9.17) is 0 Å². The van der Waals surface area contributed by atoms with E-state index in [-0.39, 0.29) is 11.3 Å². The summed E-state index contributed by atoms with van der Waals surface area (Å²) in [6.07, 6.45) is 0. The van der Waals surface area contributed by atoms with Gasteiger partial charge in [0.1, 0.15) is 0 Å². The Hall–Kier alpha value is -0.780. The van der Waals surface area contributed by atoms with E-state index >= 15 is 0 Å². The number of carbonyl (C=O) groups excluding carboxylic acids is 1. The van der Waals surface area contributed by atoms with Crippen molar-refractivity contribution in [3.05, 3.63) is 56.5 Å². The van der Waals surface area contributed by atoms with E-state index in [9.17, 15) is 4.79 Å². The summed E-state index contributed by atoms with van der Waals surface area (Å²) < 4.78 is 1.80. The molecule has 0 saturated carbocycles. The molecule has 1 N–H and O–H groups in total. The minimum atomic E-state index is -0.0145. The fourth-order valence-electron chi connectivity index (χ4n) is 2.14. The monoisotopic (exact) mass is 469 g/mol. The molecule has 0 saturated heterocycles. The largest absolute Gasteiger partial charge is 0.324 e. The topological polar surface area (TPSA) is 29.1 Å². The third-order valence-electron chi connectivity index (χ3n) is 3.62. The summed E-state index contributed by atoms with van der Waals surface area (Å²) in [4.78, 5) is 13.4. The van der Waals surface area contributed by atoms with Crippen molar-refractivity contribution in [2.75, 3.05) is 11.1 Å². The number of halogens is 2. The zero-order chi connectivity index (χ0) is 17.9. The van der Waals surface area contributed by atoms with Crippen molar-refractivity contribution >= 4 is 55.2 Å². The maximum atomic E-state index is 12.3. The number of benzene rings is 2. The molecule has 0 aliphatic carbocycles. The molecule has 2 aromatic rings. The summed E-state index contributed by atoms with van der Waals surface area (Å²) in [6.45, 7) is 8.68. The van der Waals surface area contributed by atoms with Crippen LogP contribution in [0.5, 0.6) is 0 Å². The highest BCUT2D eigenvalue weighted by molar-refractivity contribution is 9.11. The molecule has 2 aromatic carbocycles. The lowest BCUT2D eigenvalue weighted by Crippen LogP contribution is -2.15. The van der Waals surface area contributed by atoms with E-state index < -0.39 is 0 Å². The van der Waals surface area contributed by atoms with Crippen LogP contribution in [0.1, 0.15) is 31.9 Å². The Balaban J connectivity index is 2.05. The van der Waals surface area contributed by atoms with Crippen molar-refractivity contribution in [3.63, 3.8) is 0 Å². The predicted molar refractivity (Wildman–Crippen MR) is 111 cm³/mol. The average Bonchev–Trinajstić information content (AvgIpc) is 2.49. The van der Waals surface area contributed by atoms with Crippen LogP contribution in [0.2, 0.25) is 0 Å². The lowest BCUT2D eigenvalue weighted by atomic mass is 9.87. The van der Waals surface area contributed by atoms with E-state index in [1.54, 1.807) is 11.8 Å². The van der Waals surface area contributed by atoms with Gasteiger partial charge in [0.05, 0.1) is 11.4 Å². The van der Waals surface area contributed by atoms with Crippen LogP contribution >= 0.6 is 43.6 Å². The van der Waals surface area contributed by atoms with Gasteiger partial charge in [0, 0.05) is 13.8 Å². The van der Waals surface area contributed by atoms with Crippen LogP contribution in [0.3, 0.4) is 0 Å². The standard InChI is InChI=1S/C19H21Br2NOS/c1-12-5-6-13(19(2,3)4)9-17(12)24-11-18(23)22-16-10-14(20)7-8-15(16)21/h5-10H,11H2,1-4H3,(H,22,23). The van der Waals surface area contributed by atoms with Gasteiger partial charge in [-0.1, -0.05) is 48.8 Å². The van der Waals surface area contributed by atoms with Gasteiger partial charge >= 0.3 is 0 Å². The molecule has 0 aliphatic heterocycles. The molecule has 0 spiro atoms. The number of carbonyl (C=O) groups is 1. The van der Waals surface area contributed by atoms with Gasteiger partial charge in [-0.05, 0) is 63.7 Å². The Kier molecular flexibility index (Phi) is 6.57. The van der Waals surface area contributed by atoms with Gasteiger partial charge in [0.15, 0.2) is 0 Å². The molecule has 0 bridgehead atoms. The third kappa shape index (κ3) is 5.36. The summed E-state index contributed by atoms with van der Waals surface area (Å²) in [5.74, 6) is 0.368. The van der Waals surface area contributed by atoms with Crippen molar-refractivity contribution < 1.29 is 4.79 Å². The molecule has 0 aliphatic rings. The third-order valence-corrected chi connectivity index (χ3v) is 5.96. The zero-order valence-electron chi connectivity index (χ0n) is 14.2. The van der Waals surface area contributed by atoms with Crippen molar-refractivity contribution in [2.45, 2.75) is 38.0 Å². The van der Waals surface area contributed by atoms with Crippen LogP contribution in [-0.4, -0.2) is 11.7 Å². The summed E-state index contributed by atoms with van der Waals surface area (Å²) in [6, 6.07) is 12.2. The first-order chi connectivity index (χ1) is 11.2. The lowest BCUT2D eigenvalue weighted by Gasteiger charge is -2.20. The second-order valence-corrected chi connectivity index (χ2v) is 9.48. The molecule has 24 heavy (non-hydrogen) atoms. The van der Waals surface area contributed by atoms with Gasteiger partial charge in [-0.2, -0.15) is 0 Å². The number of amides is 1. The molecule has 2 rings (SSSR count). The molecule has 0 heterocycles. The molecular formula is C19H21Br2NOS. The molecule has 128 valence electrons. The van der Waals surface area contributed by atoms with Gasteiger partial charge in [-0.25, -0.2) is 0 Å². The Morgan fingerprint density at radius 2 is 1.83 bits per heavy atom. The molecule has 0 atom stereocenters. The van der Waals surface area contributed by atoms with E-state index in [1.807, 2.05) is 18.2 Å². The highest BCUT2D eigenvalue weighted by Crippen LogP contribution is 2.30. The first-order valence-corrected chi connectivity index (χ1v) is 10.2. The zero-order valence-corrected chi connectivity index (χ0v) is 18.2. The van der Waals surface area contributed by atoms with Crippen LogP contribution in [0.4, 0.5) is 5.69 Å². The van der Waals surface area contributed by atoms with E-state index in [2.05, 4.69) is 83.1 Å². The average molecular weight is 471 g/mol. The Labute approximate surface area is 165 Å². The van der Waals surface area contributed by atoms with Crippen molar-refractivity contribution in [3.8, 4) is 0 Å². The SMILES string of the molecule is Cc1ccc(C(C)(C)C)cc1SCC(=O)Nc1cc(Br)ccc1Br. The number of hydrogen-bond donors (Lipinski definition) is 1. The molecule has 0 aromatic heterocycles. The highest BCUT2D eigenvalue weighted by Gasteiger charge is 2.15. The number of thioether (sulfide) groups is 1. The van der Waals surface area contributed by atoms with Crippen molar-refractivity contribution in [2.24, 2.45) is 0 Å². The summed E-state index contributed by atoms with van der Waals surface area (Å²) in [5, 5.41) is 2.95. The summed E-state index contributed by atoms with van der Waals surface area (Å²) in [5.41, 5.74) is 3.36. The number of anilines is 1. The van der Waals surface area contributed by atoms with E-state index in [0.29, 0.717) is 5.75 Å². The second kappa shape index (κ2) is 8.07. The molecule has 1 amide bonds. The molecule has 0 fully saturated rings. The van der Waals surface area contributed by atoms with Crippen LogP contribution in [0.15, 0.2) is 50.2 Å². The number of hydrogen-bond acceptors (Lipinski definition) is 2. The van der Waals surface area contributed by atoms with Crippen molar-refractivity contribution in [1.29, 1.82) is 0 Å².